The highest BCUT2D eigenvalue weighted by molar-refractivity contribution is 5.89. The normalized spacial score (nSPS) is 18.5. The van der Waals surface area contributed by atoms with Gasteiger partial charge in [-0.25, -0.2) is 9.97 Å². The molecule has 22 heavy (non-hydrogen) atoms. The molecule has 0 aliphatic carbocycles. The second-order valence-electron chi connectivity index (χ2n) is 5.38. The van der Waals surface area contributed by atoms with E-state index in [4.69, 9.17) is 0 Å². The Morgan fingerprint density at radius 3 is 2.82 bits per heavy atom. The molecule has 0 saturated carbocycles. The van der Waals surface area contributed by atoms with Crippen molar-refractivity contribution in [3.05, 3.63) is 60.7 Å². The van der Waals surface area contributed by atoms with Gasteiger partial charge in [-0.2, -0.15) is 0 Å². The van der Waals surface area contributed by atoms with E-state index in [0.717, 1.165) is 42.0 Å². The fourth-order valence-electron chi connectivity index (χ4n) is 3.01. The molecule has 0 spiro atoms. The quantitative estimate of drug-likeness (QED) is 0.784. The number of piperazine rings is 1. The Balaban J connectivity index is 1.81. The van der Waals surface area contributed by atoms with Crippen molar-refractivity contribution < 1.29 is 0 Å². The van der Waals surface area contributed by atoms with Gasteiger partial charge in [-0.1, -0.05) is 18.2 Å². The summed E-state index contributed by atoms with van der Waals surface area (Å²) in [4.78, 5) is 15.8. The van der Waals surface area contributed by atoms with Gasteiger partial charge in [-0.3, -0.25) is 4.98 Å². The molecular formula is C17H17N5. The Morgan fingerprint density at radius 2 is 1.91 bits per heavy atom. The summed E-state index contributed by atoms with van der Waals surface area (Å²) in [6.45, 7) is 2.72. The summed E-state index contributed by atoms with van der Waals surface area (Å²) in [6, 6.07) is 14.4. The molecule has 1 saturated heterocycles. The Hall–Kier alpha value is -2.53. The van der Waals surface area contributed by atoms with Crippen molar-refractivity contribution in [2.75, 3.05) is 24.5 Å². The van der Waals surface area contributed by atoms with Gasteiger partial charge in [-0.05, 0) is 24.3 Å². The van der Waals surface area contributed by atoms with Crippen molar-refractivity contribution in [1.82, 2.24) is 20.3 Å². The topological polar surface area (TPSA) is 53.9 Å². The lowest BCUT2D eigenvalue weighted by atomic mass is 10.1. The summed E-state index contributed by atoms with van der Waals surface area (Å²) in [5, 5.41) is 4.55. The summed E-state index contributed by atoms with van der Waals surface area (Å²) in [5.74, 6) is 0.989. The van der Waals surface area contributed by atoms with Crippen molar-refractivity contribution in [3.63, 3.8) is 0 Å². The van der Waals surface area contributed by atoms with E-state index in [2.05, 4.69) is 37.3 Å². The molecule has 110 valence electrons. The molecule has 1 aliphatic rings. The minimum absolute atomic E-state index is 0.188. The number of hydrogen-bond acceptors (Lipinski definition) is 5. The average molecular weight is 291 g/mol. The largest absolute Gasteiger partial charge is 0.345 e. The molecule has 2 aromatic heterocycles. The Kier molecular flexibility index (Phi) is 3.40. The second-order valence-corrected chi connectivity index (χ2v) is 5.38. The highest BCUT2D eigenvalue weighted by atomic mass is 15.3. The van der Waals surface area contributed by atoms with Crippen LogP contribution in [0.1, 0.15) is 11.7 Å². The maximum atomic E-state index is 4.57. The minimum Gasteiger partial charge on any atom is -0.345 e. The average Bonchev–Trinajstić information content (AvgIpc) is 2.62. The zero-order chi connectivity index (χ0) is 14.8. The molecule has 1 atom stereocenters. The van der Waals surface area contributed by atoms with Crippen molar-refractivity contribution in [1.29, 1.82) is 0 Å². The van der Waals surface area contributed by atoms with Gasteiger partial charge in [0.25, 0.3) is 0 Å². The van der Waals surface area contributed by atoms with Crippen LogP contribution in [0.15, 0.2) is 55.0 Å². The molecular weight excluding hydrogens is 274 g/mol. The van der Waals surface area contributed by atoms with Crippen LogP contribution in [0, 0.1) is 0 Å². The minimum atomic E-state index is 0.188. The monoisotopic (exact) mass is 291 g/mol. The molecule has 3 aromatic rings. The van der Waals surface area contributed by atoms with E-state index in [9.17, 15) is 0 Å². The van der Waals surface area contributed by atoms with E-state index in [1.807, 2.05) is 36.5 Å². The number of rotatable bonds is 2. The van der Waals surface area contributed by atoms with Crippen molar-refractivity contribution in [3.8, 4) is 0 Å². The van der Waals surface area contributed by atoms with E-state index in [1.165, 1.54) is 0 Å². The Labute approximate surface area is 129 Å². The highest BCUT2D eigenvalue weighted by Crippen LogP contribution is 2.30. The van der Waals surface area contributed by atoms with Gasteiger partial charge in [0, 0.05) is 31.2 Å². The third kappa shape index (κ3) is 2.29. The first kappa shape index (κ1) is 13.2. The zero-order valence-electron chi connectivity index (χ0n) is 12.2. The number of aromatic nitrogens is 3. The zero-order valence-corrected chi connectivity index (χ0v) is 12.2. The van der Waals surface area contributed by atoms with Crippen LogP contribution in [-0.4, -0.2) is 34.6 Å². The lowest BCUT2D eigenvalue weighted by Gasteiger charge is -2.37. The summed E-state index contributed by atoms with van der Waals surface area (Å²) in [7, 11) is 0. The molecule has 1 unspecified atom stereocenters. The van der Waals surface area contributed by atoms with Crippen LogP contribution < -0.4 is 10.2 Å². The second kappa shape index (κ2) is 5.69. The van der Waals surface area contributed by atoms with Crippen molar-refractivity contribution >= 4 is 16.7 Å². The number of para-hydroxylation sites is 1. The number of nitrogens with one attached hydrogen (secondary N) is 1. The van der Waals surface area contributed by atoms with Crippen LogP contribution in [0.3, 0.4) is 0 Å². The molecule has 0 amide bonds. The summed E-state index contributed by atoms with van der Waals surface area (Å²) < 4.78 is 0. The van der Waals surface area contributed by atoms with E-state index in [0.29, 0.717) is 0 Å². The molecule has 1 aromatic carbocycles. The van der Waals surface area contributed by atoms with E-state index in [-0.39, 0.29) is 6.04 Å². The third-order valence-electron chi connectivity index (χ3n) is 4.07. The molecule has 3 heterocycles. The van der Waals surface area contributed by atoms with E-state index in [1.54, 1.807) is 6.33 Å². The summed E-state index contributed by atoms with van der Waals surface area (Å²) in [5.41, 5.74) is 2.04. The fourth-order valence-corrected chi connectivity index (χ4v) is 3.01. The van der Waals surface area contributed by atoms with Crippen LogP contribution in [0.25, 0.3) is 10.9 Å². The smallest absolute Gasteiger partial charge is 0.140 e. The fraction of sp³-hybridized carbons (Fsp3) is 0.235. The van der Waals surface area contributed by atoms with Crippen molar-refractivity contribution in [2.24, 2.45) is 0 Å². The Bertz CT molecular complexity index is 769. The lowest BCUT2D eigenvalue weighted by Crippen LogP contribution is -2.46. The first-order valence-corrected chi connectivity index (χ1v) is 7.51. The van der Waals surface area contributed by atoms with Gasteiger partial charge in [0.15, 0.2) is 0 Å². The standard InChI is InChI=1S/C17H17N5/c1-2-6-14-13(5-1)17(21-12-20-14)22-10-9-18-11-16(22)15-7-3-4-8-19-15/h1-8,12,16,18H,9-11H2. The first-order valence-electron chi connectivity index (χ1n) is 7.51. The number of hydrogen-bond donors (Lipinski definition) is 1. The van der Waals surface area contributed by atoms with Gasteiger partial charge >= 0.3 is 0 Å². The number of fused-ring (bicyclic) bond motifs is 1. The number of pyridine rings is 1. The predicted octanol–water partition coefficient (Wildman–Crippen LogP) is 2.18. The highest BCUT2D eigenvalue weighted by Gasteiger charge is 2.27. The molecule has 4 rings (SSSR count). The summed E-state index contributed by atoms with van der Waals surface area (Å²) >= 11 is 0. The number of nitrogens with zero attached hydrogens (tertiary/aromatic N) is 4. The van der Waals surface area contributed by atoms with Crippen LogP contribution in [-0.2, 0) is 0 Å². The maximum Gasteiger partial charge on any atom is 0.140 e. The lowest BCUT2D eigenvalue weighted by molar-refractivity contribution is 0.479. The third-order valence-corrected chi connectivity index (χ3v) is 4.07. The van der Waals surface area contributed by atoms with Crippen LogP contribution >= 0.6 is 0 Å². The van der Waals surface area contributed by atoms with Crippen LogP contribution in [0.4, 0.5) is 5.82 Å². The van der Waals surface area contributed by atoms with Crippen molar-refractivity contribution in [2.45, 2.75) is 6.04 Å². The maximum absolute atomic E-state index is 4.57. The molecule has 1 aliphatic heterocycles. The van der Waals surface area contributed by atoms with E-state index < -0.39 is 0 Å². The summed E-state index contributed by atoms with van der Waals surface area (Å²) in [6.07, 6.45) is 3.50. The molecule has 1 N–H and O–H groups in total. The van der Waals surface area contributed by atoms with Crippen LogP contribution in [0.2, 0.25) is 0 Å². The molecule has 5 heteroatoms. The first-order chi connectivity index (χ1) is 10.9. The van der Waals surface area contributed by atoms with Crippen LogP contribution in [0.5, 0.6) is 0 Å². The molecule has 5 nitrogen and oxygen atoms in total. The number of anilines is 1. The van der Waals surface area contributed by atoms with Gasteiger partial charge in [0.1, 0.15) is 12.1 Å². The Morgan fingerprint density at radius 1 is 1.00 bits per heavy atom. The van der Waals surface area contributed by atoms with E-state index >= 15 is 0 Å². The SMILES string of the molecule is c1ccc(C2CNCCN2c2ncnc3ccccc23)nc1. The van der Waals surface area contributed by atoms with Gasteiger partial charge in [0.2, 0.25) is 0 Å². The molecule has 1 fully saturated rings. The number of benzene rings is 1. The van der Waals surface area contributed by atoms with Gasteiger partial charge < -0.3 is 10.2 Å². The molecule has 0 bridgehead atoms. The predicted molar refractivity (Wildman–Crippen MR) is 86.7 cm³/mol. The van der Waals surface area contributed by atoms with Gasteiger partial charge in [0.05, 0.1) is 17.3 Å². The van der Waals surface area contributed by atoms with Gasteiger partial charge in [-0.15, -0.1) is 0 Å². The molecule has 0 radical (unpaired) electrons.